The van der Waals surface area contributed by atoms with E-state index in [1.807, 2.05) is 0 Å². The molecule has 1 aliphatic rings. The van der Waals surface area contributed by atoms with Crippen LogP contribution in [0.4, 0.5) is 10.5 Å². The van der Waals surface area contributed by atoms with Crippen molar-refractivity contribution in [3.05, 3.63) is 52.9 Å². The van der Waals surface area contributed by atoms with Gasteiger partial charge in [0.15, 0.2) is 11.5 Å². The fourth-order valence-electron chi connectivity index (χ4n) is 2.75. The Morgan fingerprint density at radius 3 is 2.53 bits per heavy atom. The number of imide groups is 1. The molecule has 0 radical (unpaired) electrons. The van der Waals surface area contributed by atoms with Crippen LogP contribution in [0.2, 0.25) is 0 Å². The van der Waals surface area contributed by atoms with Crippen LogP contribution in [0.1, 0.15) is 12.5 Å². The highest BCUT2D eigenvalue weighted by Crippen LogP contribution is 2.34. The van der Waals surface area contributed by atoms with Crippen LogP contribution in [-0.4, -0.2) is 48.6 Å². The molecule has 4 N–H and O–H groups in total. The van der Waals surface area contributed by atoms with Gasteiger partial charge < -0.3 is 15.2 Å². The monoisotopic (exact) mass is 477 g/mol. The number of benzene rings is 2. The Labute approximate surface area is 188 Å². The first kappa shape index (κ1) is 23.3. The van der Waals surface area contributed by atoms with Crippen molar-refractivity contribution in [1.82, 2.24) is 4.90 Å². The number of ether oxygens (including phenoxy) is 1. The summed E-state index contributed by atoms with van der Waals surface area (Å²) in [5, 5.41) is 16.7. The van der Waals surface area contributed by atoms with E-state index >= 15 is 0 Å². The molecule has 1 fully saturated rings. The number of thioether (sulfide) groups is 1. The molecule has 1 heterocycles. The van der Waals surface area contributed by atoms with Crippen LogP contribution in [0, 0.1) is 0 Å². The van der Waals surface area contributed by atoms with E-state index in [0.29, 0.717) is 23.9 Å². The van der Waals surface area contributed by atoms with E-state index in [1.54, 1.807) is 13.0 Å². The molecule has 0 bridgehead atoms. The fourth-order valence-corrected chi connectivity index (χ4v) is 4.11. The van der Waals surface area contributed by atoms with E-state index in [1.165, 1.54) is 42.5 Å². The van der Waals surface area contributed by atoms with Gasteiger partial charge in [-0.3, -0.25) is 19.3 Å². The van der Waals surface area contributed by atoms with E-state index < -0.39 is 33.6 Å². The molecular weight excluding hydrogens is 458 g/mol. The van der Waals surface area contributed by atoms with Crippen molar-refractivity contribution < 1.29 is 32.6 Å². The number of hydrogen-bond acceptors (Lipinski definition) is 8. The lowest BCUT2D eigenvalue weighted by molar-refractivity contribution is -0.127. The minimum atomic E-state index is -3.86. The molecule has 2 aromatic carbocycles. The maximum atomic E-state index is 12.6. The largest absolute Gasteiger partial charge is 0.504 e. The second kappa shape index (κ2) is 9.42. The summed E-state index contributed by atoms with van der Waals surface area (Å²) < 4.78 is 27.9. The highest BCUT2D eigenvalue weighted by atomic mass is 32.2. The Balaban J connectivity index is 1.69. The zero-order valence-electron chi connectivity index (χ0n) is 16.8. The molecule has 0 saturated carbocycles. The van der Waals surface area contributed by atoms with Crippen molar-refractivity contribution in [3.8, 4) is 11.5 Å². The number of carbonyl (C=O) groups excluding carboxylic acids is 3. The summed E-state index contributed by atoms with van der Waals surface area (Å²) in [4.78, 5) is 38.0. The summed E-state index contributed by atoms with van der Waals surface area (Å²) >= 11 is 0.688. The number of amides is 3. The van der Waals surface area contributed by atoms with Crippen LogP contribution >= 0.6 is 11.8 Å². The summed E-state index contributed by atoms with van der Waals surface area (Å²) in [5.74, 6) is -1.08. The van der Waals surface area contributed by atoms with Gasteiger partial charge in [0.2, 0.25) is 15.9 Å². The van der Waals surface area contributed by atoms with Gasteiger partial charge in [-0.1, -0.05) is 6.07 Å². The molecule has 0 spiro atoms. The minimum absolute atomic E-state index is 0.0501. The van der Waals surface area contributed by atoms with Crippen LogP contribution in [-0.2, 0) is 19.6 Å². The Bertz CT molecular complexity index is 1210. The van der Waals surface area contributed by atoms with Gasteiger partial charge in [0, 0.05) is 5.69 Å². The van der Waals surface area contributed by atoms with Gasteiger partial charge >= 0.3 is 0 Å². The van der Waals surface area contributed by atoms with Crippen LogP contribution in [0.15, 0.2) is 52.3 Å². The zero-order chi connectivity index (χ0) is 23.5. The van der Waals surface area contributed by atoms with Crippen LogP contribution in [0.25, 0.3) is 6.08 Å². The normalized spacial score (nSPS) is 15.3. The second-order valence-corrected chi connectivity index (χ2v) is 9.10. The van der Waals surface area contributed by atoms with E-state index in [2.05, 4.69) is 5.32 Å². The third-order valence-corrected chi connectivity index (χ3v) is 6.06. The number of nitrogens with two attached hydrogens (primary N) is 1. The Hall–Kier alpha value is -3.35. The number of aromatic hydroxyl groups is 1. The Morgan fingerprint density at radius 1 is 1.22 bits per heavy atom. The fraction of sp³-hybridized carbons (Fsp3) is 0.150. The molecule has 1 aliphatic heterocycles. The molecular formula is C20H19N3O7S2. The number of sulfonamides is 1. The highest BCUT2D eigenvalue weighted by Gasteiger charge is 2.36. The van der Waals surface area contributed by atoms with E-state index in [4.69, 9.17) is 9.88 Å². The van der Waals surface area contributed by atoms with Gasteiger partial charge in [0.25, 0.3) is 11.1 Å². The average molecular weight is 478 g/mol. The van der Waals surface area contributed by atoms with Crippen molar-refractivity contribution in [2.75, 3.05) is 18.5 Å². The van der Waals surface area contributed by atoms with Gasteiger partial charge in [0.05, 0.1) is 16.4 Å². The number of primary sulfonamides is 1. The third-order valence-electron chi connectivity index (χ3n) is 4.22. The van der Waals surface area contributed by atoms with Crippen molar-refractivity contribution in [2.24, 2.45) is 5.14 Å². The number of phenolic OH excluding ortho intramolecular Hbond substituents is 1. The number of phenols is 1. The molecule has 32 heavy (non-hydrogen) atoms. The minimum Gasteiger partial charge on any atom is -0.504 e. The van der Waals surface area contributed by atoms with Gasteiger partial charge in [-0.05, 0) is 66.7 Å². The first-order valence-electron chi connectivity index (χ1n) is 9.22. The quantitative estimate of drug-likeness (QED) is 0.512. The summed E-state index contributed by atoms with van der Waals surface area (Å²) in [6.07, 6.45) is 1.47. The number of anilines is 1. The molecule has 0 unspecified atom stereocenters. The lowest BCUT2D eigenvalue weighted by Crippen LogP contribution is -2.36. The number of carbonyl (C=O) groups is 3. The number of hydrogen-bond donors (Lipinski definition) is 3. The van der Waals surface area contributed by atoms with Gasteiger partial charge in [-0.25, -0.2) is 13.6 Å². The molecule has 10 nitrogen and oxygen atoms in total. The third kappa shape index (κ3) is 5.46. The highest BCUT2D eigenvalue weighted by molar-refractivity contribution is 8.18. The van der Waals surface area contributed by atoms with Crippen molar-refractivity contribution in [2.45, 2.75) is 11.8 Å². The lowest BCUT2D eigenvalue weighted by atomic mass is 10.2. The average Bonchev–Trinajstić information content (AvgIpc) is 2.97. The lowest BCUT2D eigenvalue weighted by Gasteiger charge is -2.12. The number of nitrogens with one attached hydrogen (secondary N) is 1. The molecule has 3 rings (SSSR count). The summed E-state index contributed by atoms with van der Waals surface area (Å²) in [6.45, 7) is 1.59. The molecule has 0 aromatic heterocycles. The molecule has 0 aliphatic carbocycles. The summed E-state index contributed by atoms with van der Waals surface area (Å²) in [7, 11) is -3.86. The van der Waals surface area contributed by atoms with Gasteiger partial charge in [-0.15, -0.1) is 0 Å². The van der Waals surface area contributed by atoms with Crippen molar-refractivity contribution in [1.29, 1.82) is 0 Å². The predicted octanol–water partition coefficient (Wildman–Crippen LogP) is 2.11. The van der Waals surface area contributed by atoms with E-state index in [-0.39, 0.29) is 27.0 Å². The first-order chi connectivity index (χ1) is 15.1. The van der Waals surface area contributed by atoms with Crippen molar-refractivity contribution in [3.63, 3.8) is 0 Å². The zero-order valence-corrected chi connectivity index (χ0v) is 18.4. The molecule has 1 saturated heterocycles. The van der Waals surface area contributed by atoms with Crippen LogP contribution in [0.5, 0.6) is 11.5 Å². The molecule has 0 atom stereocenters. The maximum absolute atomic E-state index is 12.6. The second-order valence-electron chi connectivity index (χ2n) is 6.55. The Morgan fingerprint density at radius 2 is 1.91 bits per heavy atom. The summed E-state index contributed by atoms with van der Waals surface area (Å²) in [5.41, 5.74) is 0.814. The standard InChI is InChI=1S/C20H19N3O7S2/c1-2-30-16-9-12(3-8-15(16)24)10-17-19(26)23(20(27)31-17)11-18(25)22-13-4-6-14(7-5-13)32(21,28)29/h3-10,24H,2,11H2,1H3,(H,22,25)(H2,21,28,29)/b17-10-. The molecule has 168 valence electrons. The summed E-state index contributed by atoms with van der Waals surface area (Å²) in [6, 6.07) is 9.63. The molecule has 3 amide bonds. The van der Waals surface area contributed by atoms with Crippen LogP contribution < -0.4 is 15.2 Å². The predicted molar refractivity (Wildman–Crippen MR) is 118 cm³/mol. The van der Waals surface area contributed by atoms with Gasteiger partial charge in [-0.2, -0.15) is 0 Å². The van der Waals surface area contributed by atoms with Gasteiger partial charge in [0.1, 0.15) is 6.54 Å². The molecule has 12 heteroatoms. The smallest absolute Gasteiger partial charge is 0.294 e. The van der Waals surface area contributed by atoms with E-state index in [0.717, 1.165) is 4.90 Å². The van der Waals surface area contributed by atoms with E-state index in [9.17, 15) is 27.9 Å². The maximum Gasteiger partial charge on any atom is 0.294 e. The topological polar surface area (TPSA) is 156 Å². The number of rotatable bonds is 7. The first-order valence-corrected chi connectivity index (χ1v) is 11.6. The number of nitrogens with zero attached hydrogens (tertiary/aromatic N) is 1. The SMILES string of the molecule is CCOc1cc(/C=C2\SC(=O)N(CC(=O)Nc3ccc(S(N)(=O)=O)cc3)C2=O)ccc1O. The molecule has 2 aromatic rings. The Kier molecular flexibility index (Phi) is 6.87. The van der Waals surface area contributed by atoms with Crippen molar-refractivity contribution >= 4 is 50.6 Å². The van der Waals surface area contributed by atoms with Crippen LogP contribution in [0.3, 0.4) is 0 Å².